The molecule has 0 unspecified atom stereocenters. The summed E-state index contributed by atoms with van der Waals surface area (Å²) in [5.41, 5.74) is 2.57. The van der Waals surface area contributed by atoms with Gasteiger partial charge in [-0.25, -0.2) is 0 Å². The second kappa shape index (κ2) is 7.67. The van der Waals surface area contributed by atoms with E-state index in [1.165, 1.54) is 18.3 Å². The molecule has 2 aromatic heterocycles. The number of amides is 1. The largest absolute Gasteiger partial charge is 0.433 e. The summed E-state index contributed by atoms with van der Waals surface area (Å²) in [5.74, 6) is -0.303. The van der Waals surface area contributed by atoms with Gasteiger partial charge in [0.05, 0.1) is 5.69 Å². The molecular formula is C20H17F3N4O. The van der Waals surface area contributed by atoms with Gasteiger partial charge in [0.1, 0.15) is 5.69 Å². The van der Waals surface area contributed by atoms with Crippen LogP contribution in [0, 0.1) is 0 Å². The number of hydrogen-bond acceptors (Lipinski definition) is 3. The molecular weight excluding hydrogens is 369 g/mol. The van der Waals surface area contributed by atoms with E-state index in [2.05, 4.69) is 22.0 Å². The number of carbonyl (C=O) groups excluding carboxylic acids is 1. The third-order valence-corrected chi connectivity index (χ3v) is 4.13. The number of benzene rings is 1. The van der Waals surface area contributed by atoms with Gasteiger partial charge in [-0.05, 0) is 35.4 Å². The average molecular weight is 386 g/mol. The average Bonchev–Trinajstić information content (AvgIpc) is 3.11. The summed E-state index contributed by atoms with van der Waals surface area (Å²) in [6, 6.07) is 9.55. The zero-order valence-corrected chi connectivity index (χ0v) is 15.0. The molecule has 0 aliphatic heterocycles. The van der Waals surface area contributed by atoms with Crippen molar-refractivity contribution in [1.29, 1.82) is 0 Å². The van der Waals surface area contributed by atoms with Crippen LogP contribution in [0.5, 0.6) is 0 Å². The normalized spacial score (nSPS) is 11.3. The Morgan fingerprint density at radius 2 is 1.96 bits per heavy atom. The van der Waals surface area contributed by atoms with Crippen molar-refractivity contribution in [1.82, 2.24) is 20.1 Å². The van der Waals surface area contributed by atoms with E-state index in [9.17, 15) is 18.0 Å². The summed E-state index contributed by atoms with van der Waals surface area (Å²) in [5, 5.41) is 7.11. The Balaban J connectivity index is 1.99. The topological polar surface area (TPSA) is 59.8 Å². The molecule has 1 N–H and O–H groups in total. The third-order valence-electron chi connectivity index (χ3n) is 4.13. The van der Waals surface area contributed by atoms with E-state index < -0.39 is 11.9 Å². The maximum atomic E-state index is 12.7. The maximum Gasteiger partial charge on any atom is 0.433 e. The number of nitrogens with zero attached hydrogens (tertiary/aromatic N) is 3. The minimum atomic E-state index is -4.48. The summed E-state index contributed by atoms with van der Waals surface area (Å²) in [7, 11) is 1.78. The van der Waals surface area contributed by atoms with Gasteiger partial charge in [-0.3, -0.25) is 14.5 Å². The van der Waals surface area contributed by atoms with E-state index in [4.69, 9.17) is 0 Å². The van der Waals surface area contributed by atoms with Gasteiger partial charge in [-0.2, -0.15) is 18.3 Å². The van der Waals surface area contributed by atoms with E-state index in [-0.39, 0.29) is 12.5 Å². The fraction of sp³-hybridized carbons (Fsp3) is 0.150. The molecule has 0 aliphatic carbocycles. The van der Waals surface area contributed by atoms with Crippen molar-refractivity contribution in [2.45, 2.75) is 12.7 Å². The Morgan fingerprint density at radius 1 is 1.21 bits per heavy atom. The first-order valence-corrected chi connectivity index (χ1v) is 8.35. The summed E-state index contributed by atoms with van der Waals surface area (Å²) < 4.78 is 39.8. The molecule has 0 saturated heterocycles. The molecule has 8 heteroatoms. The van der Waals surface area contributed by atoms with Crippen molar-refractivity contribution in [3.63, 3.8) is 0 Å². The second-order valence-corrected chi connectivity index (χ2v) is 6.10. The lowest BCUT2D eigenvalue weighted by Crippen LogP contribution is -2.20. The van der Waals surface area contributed by atoms with Gasteiger partial charge in [0, 0.05) is 37.1 Å². The Hall–Kier alpha value is -3.42. The molecule has 3 aromatic rings. The van der Waals surface area contributed by atoms with Gasteiger partial charge < -0.3 is 5.32 Å². The van der Waals surface area contributed by atoms with Crippen LogP contribution in [0.15, 0.2) is 61.4 Å². The number of nitrogens with one attached hydrogen (secondary N) is 1. The summed E-state index contributed by atoms with van der Waals surface area (Å²) in [6.07, 6.45) is -0.319. The van der Waals surface area contributed by atoms with E-state index in [1.54, 1.807) is 30.1 Å². The van der Waals surface area contributed by atoms with Gasteiger partial charge >= 0.3 is 6.18 Å². The van der Waals surface area contributed by atoms with Crippen molar-refractivity contribution >= 4 is 5.91 Å². The molecule has 2 heterocycles. The highest BCUT2D eigenvalue weighted by atomic mass is 19.4. The minimum Gasteiger partial charge on any atom is -0.348 e. The van der Waals surface area contributed by atoms with Gasteiger partial charge in [-0.1, -0.05) is 24.8 Å². The predicted molar refractivity (Wildman–Crippen MR) is 98.9 cm³/mol. The highest BCUT2D eigenvalue weighted by molar-refractivity contribution is 5.87. The standard InChI is InChI=1S/C20H17F3N4O/c1-3-19(28)25-12-15-5-4-13(10-16(15)17-8-9-27(2)26-17)14-6-7-18(24-11-14)20(21,22)23/h3-11H,1,12H2,2H3,(H,25,28). The van der Waals surface area contributed by atoms with Crippen LogP contribution in [0.3, 0.4) is 0 Å². The molecule has 0 saturated carbocycles. The SMILES string of the molecule is C=CC(=O)NCc1ccc(-c2ccc(C(F)(F)F)nc2)cc1-c1ccn(C)n1. The number of hydrogen-bond donors (Lipinski definition) is 1. The minimum absolute atomic E-state index is 0.266. The van der Waals surface area contributed by atoms with Crippen LogP contribution in [0.1, 0.15) is 11.3 Å². The Bertz CT molecular complexity index is 1010. The van der Waals surface area contributed by atoms with Crippen LogP contribution in [-0.2, 0) is 24.6 Å². The van der Waals surface area contributed by atoms with Crippen LogP contribution in [0.25, 0.3) is 22.4 Å². The van der Waals surface area contributed by atoms with Crippen molar-refractivity contribution in [3.05, 3.63) is 72.7 Å². The highest BCUT2D eigenvalue weighted by Gasteiger charge is 2.32. The molecule has 0 bridgehead atoms. The monoisotopic (exact) mass is 386 g/mol. The van der Waals surface area contributed by atoms with E-state index >= 15 is 0 Å². The Morgan fingerprint density at radius 3 is 2.54 bits per heavy atom. The summed E-state index contributed by atoms with van der Waals surface area (Å²) in [6.45, 7) is 3.69. The zero-order chi connectivity index (χ0) is 20.3. The predicted octanol–water partition coefficient (Wildman–Crippen LogP) is 3.97. The number of halogens is 3. The van der Waals surface area contributed by atoms with E-state index in [0.29, 0.717) is 16.8 Å². The maximum absolute atomic E-state index is 12.7. The third kappa shape index (κ3) is 4.28. The lowest BCUT2D eigenvalue weighted by molar-refractivity contribution is -0.141. The number of aromatic nitrogens is 3. The first-order valence-electron chi connectivity index (χ1n) is 8.35. The molecule has 0 fully saturated rings. The van der Waals surface area contributed by atoms with Crippen LogP contribution in [-0.4, -0.2) is 20.7 Å². The number of carbonyl (C=O) groups is 1. The van der Waals surface area contributed by atoms with Crippen LogP contribution < -0.4 is 5.32 Å². The molecule has 0 aliphatic rings. The summed E-state index contributed by atoms with van der Waals surface area (Å²) in [4.78, 5) is 15.0. The molecule has 3 rings (SSSR count). The second-order valence-electron chi connectivity index (χ2n) is 6.10. The van der Waals surface area contributed by atoms with Crippen molar-refractivity contribution in [2.75, 3.05) is 0 Å². The molecule has 0 spiro atoms. The molecule has 0 radical (unpaired) electrons. The van der Waals surface area contributed by atoms with Crippen LogP contribution in [0.2, 0.25) is 0 Å². The molecule has 0 atom stereocenters. The number of alkyl halides is 3. The molecule has 1 aromatic carbocycles. The quantitative estimate of drug-likeness (QED) is 0.675. The van der Waals surface area contributed by atoms with Crippen molar-refractivity contribution in [3.8, 4) is 22.4 Å². The smallest absolute Gasteiger partial charge is 0.348 e. The Kier molecular flexibility index (Phi) is 5.30. The van der Waals surface area contributed by atoms with Crippen LogP contribution >= 0.6 is 0 Å². The fourth-order valence-electron chi connectivity index (χ4n) is 2.69. The van der Waals surface area contributed by atoms with Gasteiger partial charge in [-0.15, -0.1) is 0 Å². The molecule has 5 nitrogen and oxygen atoms in total. The van der Waals surface area contributed by atoms with Gasteiger partial charge in [0.2, 0.25) is 5.91 Å². The highest BCUT2D eigenvalue weighted by Crippen LogP contribution is 2.31. The molecule has 1 amide bonds. The Labute approximate surface area is 159 Å². The molecule has 28 heavy (non-hydrogen) atoms. The van der Waals surface area contributed by atoms with Gasteiger partial charge in [0.25, 0.3) is 0 Å². The zero-order valence-electron chi connectivity index (χ0n) is 15.0. The number of aryl methyl sites for hydroxylation is 1. The first kappa shape index (κ1) is 19.3. The summed E-state index contributed by atoms with van der Waals surface area (Å²) >= 11 is 0. The number of pyridine rings is 1. The van der Waals surface area contributed by atoms with Gasteiger partial charge in [0.15, 0.2) is 0 Å². The number of rotatable bonds is 5. The lowest BCUT2D eigenvalue weighted by atomic mass is 9.98. The fourth-order valence-corrected chi connectivity index (χ4v) is 2.69. The first-order chi connectivity index (χ1) is 13.3. The molecule has 144 valence electrons. The van der Waals surface area contributed by atoms with E-state index in [1.807, 2.05) is 12.1 Å². The lowest BCUT2D eigenvalue weighted by Gasteiger charge is -2.12. The van der Waals surface area contributed by atoms with Crippen molar-refractivity contribution in [2.24, 2.45) is 7.05 Å². The van der Waals surface area contributed by atoms with Crippen LogP contribution in [0.4, 0.5) is 13.2 Å². The van der Waals surface area contributed by atoms with Crippen molar-refractivity contribution < 1.29 is 18.0 Å². The van der Waals surface area contributed by atoms with E-state index in [0.717, 1.165) is 17.2 Å².